The number of aliphatic carboxylic acids is 1. The number of benzene rings is 2. The Bertz CT molecular complexity index is 909. The Labute approximate surface area is 187 Å². The second kappa shape index (κ2) is 9.17. The average molecular weight is 448 g/mol. The van der Waals surface area contributed by atoms with E-state index in [2.05, 4.69) is 11.8 Å². The van der Waals surface area contributed by atoms with E-state index < -0.39 is 5.97 Å². The number of carbonyl (C=O) groups is 1. The monoisotopic (exact) mass is 447 g/mol. The number of ether oxygens (including phenoxy) is 1. The molecule has 30 heavy (non-hydrogen) atoms. The minimum atomic E-state index is -0.735. The lowest BCUT2D eigenvalue weighted by molar-refractivity contribution is -0.137. The van der Waals surface area contributed by atoms with Crippen molar-refractivity contribution in [3.63, 3.8) is 0 Å². The first kappa shape index (κ1) is 21.5. The first-order valence-corrected chi connectivity index (χ1v) is 11.3. The summed E-state index contributed by atoms with van der Waals surface area (Å²) in [7, 11) is 0. The van der Waals surface area contributed by atoms with Gasteiger partial charge < -0.3 is 9.84 Å². The van der Waals surface area contributed by atoms with Crippen molar-refractivity contribution in [2.45, 2.75) is 38.1 Å². The molecule has 1 saturated carbocycles. The molecule has 6 heteroatoms. The van der Waals surface area contributed by atoms with Gasteiger partial charge in [-0.05, 0) is 73.1 Å². The Morgan fingerprint density at radius 1 is 1.20 bits per heavy atom. The van der Waals surface area contributed by atoms with E-state index in [9.17, 15) is 9.90 Å². The maximum Gasteiger partial charge on any atom is 0.303 e. The number of rotatable bonds is 9. The Morgan fingerprint density at radius 3 is 2.67 bits per heavy atom. The van der Waals surface area contributed by atoms with Gasteiger partial charge in [0.15, 0.2) is 0 Å². The van der Waals surface area contributed by atoms with E-state index in [1.807, 2.05) is 42.5 Å². The fourth-order valence-corrected chi connectivity index (χ4v) is 4.81. The molecular formula is C24H27Cl2NO3. The second-order valence-electron chi connectivity index (χ2n) is 8.59. The Morgan fingerprint density at radius 2 is 1.97 bits per heavy atom. The summed E-state index contributed by atoms with van der Waals surface area (Å²) >= 11 is 12.5. The summed E-state index contributed by atoms with van der Waals surface area (Å²) in [5.74, 6) is 1.15. The van der Waals surface area contributed by atoms with Crippen LogP contribution in [0.15, 0.2) is 42.5 Å². The predicted octanol–water partition coefficient (Wildman–Crippen LogP) is 6.03. The zero-order valence-corrected chi connectivity index (χ0v) is 18.6. The molecule has 0 amide bonds. The molecule has 0 spiro atoms. The zero-order valence-electron chi connectivity index (χ0n) is 17.1. The van der Waals surface area contributed by atoms with Crippen LogP contribution >= 0.6 is 23.2 Å². The van der Waals surface area contributed by atoms with Gasteiger partial charge in [0.05, 0.1) is 13.0 Å². The van der Waals surface area contributed by atoms with Gasteiger partial charge in [0.1, 0.15) is 5.75 Å². The summed E-state index contributed by atoms with van der Waals surface area (Å²) in [6.45, 7) is 4.71. The molecule has 1 aliphatic heterocycles. The fraction of sp³-hybridized carbons (Fsp3) is 0.458. The standard InChI is InChI=1S/C24H27Cl2NO3/c1-15(21-10-19(25)7-8-23(21)26)27-12-16(13-27)14-30-20-4-2-3-18(9-20)22(11-24(28)29)17-5-6-17/h2-4,7-10,15-17,22H,5-6,11-14H2,1H3,(H,28,29). The largest absolute Gasteiger partial charge is 0.493 e. The number of likely N-dealkylation sites (tertiary alicyclic amines) is 1. The van der Waals surface area contributed by atoms with Crippen LogP contribution in [0, 0.1) is 11.8 Å². The average Bonchev–Trinajstić information content (AvgIpc) is 3.52. The molecule has 2 aromatic rings. The molecule has 2 atom stereocenters. The SMILES string of the molecule is CC(c1cc(Cl)ccc1Cl)N1CC(COc2cccc(C(CC(=O)O)C3CC3)c2)C1. The number of hydrogen-bond donors (Lipinski definition) is 1. The van der Waals surface area contributed by atoms with Crippen LogP contribution in [0.2, 0.25) is 10.0 Å². The summed E-state index contributed by atoms with van der Waals surface area (Å²) in [5.41, 5.74) is 2.14. The molecule has 2 aliphatic rings. The predicted molar refractivity (Wildman–Crippen MR) is 120 cm³/mol. The molecule has 0 aromatic heterocycles. The number of carboxylic acids is 1. The summed E-state index contributed by atoms with van der Waals surface area (Å²) in [6, 6.07) is 13.8. The molecule has 0 bridgehead atoms. The van der Waals surface area contributed by atoms with Gasteiger partial charge in [-0.3, -0.25) is 9.69 Å². The van der Waals surface area contributed by atoms with Gasteiger partial charge in [0.25, 0.3) is 0 Å². The van der Waals surface area contributed by atoms with Crippen LogP contribution in [0.3, 0.4) is 0 Å². The fourth-order valence-electron chi connectivity index (χ4n) is 4.36. The van der Waals surface area contributed by atoms with Crippen molar-refractivity contribution in [2.24, 2.45) is 11.8 Å². The summed E-state index contributed by atoms with van der Waals surface area (Å²) in [6.07, 6.45) is 2.43. The molecule has 1 saturated heterocycles. The van der Waals surface area contributed by atoms with Crippen molar-refractivity contribution >= 4 is 29.2 Å². The quantitative estimate of drug-likeness (QED) is 0.509. The highest BCUT2D eigenvalue weighted by molar-refractivity contribution is 6.33. The third-order valence-corrected chi connectivity index (χ3v) is 6.88. The molecule has 2 unspecified atom stereocenters. The highest BCUT2D eigenvalue weighted by Gasteiger charge is 2.34. The first-order chi connectivity index (χ1) is 14.4. The number of nitrogens with zero attached hydrogens (tertiary/aromatic N) is 1. The molecule has 4 nitrogen and oxygen atoms in total. The van der Waals surface area contributed by atoms with E-state index in [0.717, 1.165) is 47.8 Å². The number of halogens is 2. The lowest BCUT2D eigenvalue weighted by atomic mass is 9.91. The van der Waals surface area contributed by atoms with Gasteiger partial charge in [-0.15, -0.1) is 0 Å². The zero-order chi connectivity index (χ0) is 21.3. The van der Waals surface area contributed by atoms with Gasteiger partial charge in [-0.2, -0.15) is 0 Å². The molecule has 1 N–H and O–H groups in total. The van der Waals surface area contributed by atoms with E-state index in [1.165, 1.54) is 0 Å². The molecule has 2 aromatic carbocycles. The van der Waals surface area contributed by atoms with Gasteiger partial charge >= 0.3 is 5.97 Å². The topological polar surface area (TPSA) is 49.8 Å². The second-order valence-corrected chi connectivity index (χ2v) is 9.43. The summed E-state index contributed by atoms with van der Waals surface area (Å²) in [4.78, 5) is 13.6. The van der Waals surface area contributed by atoms with Crippen molar-refractivity contribution in [1.29, 1.82) is 0 Å². The molecule has 1 heterocycles. The van der Waals surface area contributed by atoms with Crippen LogP contribution in [0.25, 0.3) is 0 Å². The summed E-state index contributed by atoms with van der Waals surface area (Å²) in [5, 5.41) is 10.7. The molecule has 2 fully saturated rings. The van der Waals surface area contributed by atoms with Gasteiger partial charge in [0.2, 0.25) is 0 Å². The molecule has 0 radical (unpaired) electrons. The van der Waals surface area contributed by atoms with E-state index in [1.54, 1.807) is 0 Å². The van der Waals surface area contributed by atoms with Gasteiger partial charge in [-0.25, -0.2) is 0 Å². The van der Waals surface area contributed by atoms with E-state index in [-0.39, 0.29) is 18.4 Å². The number of hydrogen-bond acceptors (Lipinski definition) is 3. The third kappa shape index (κ3) is 5.11. The van der Waals surface area contributed by atoms with Crippen LogP contribution in [-0.2, 0) is 4.79 Å². The molecule has 4 rings (SSSR count). The molecule has 1 aliphatic carbocycles. The van der Waals surface area contributed by atoms with Crippen LogP contribution < -0.4 is 4.74 Å². The normalized spacial score (nSPS) is 19.2. The maximum absolute atomic E-state index is 11.2. The lowest BCUT2D eigenvalue weighted by Gasteiger charge is -2.43. The number of carboxylic acid groups (broad SMARTS) is 1. The highest BCUT2D eigenvalue weighted by atomic mass is 35.5. The molecule has 160 valence electrons. The minimum Gasteiger partial charge on any atom is -0.493 e. The van der Waals surface area contributed by atoms with E-state index >= 15 is 0 Å². The Hall–Kier alpha value is -1.75. The van der Waals surface area contributed by atoms with Crippen LogP contribution in [0.4, 0.5) is 0 Å². The minimum absolute atomic E-state index is 0.0912. The Balaban J connectivity index is 1.30. The summed E-state index contributed by atoms with van der Waals surface area (Å²) < 4.78 is 6.06. The smallest absolute Gasteiger partial charge is 0.303 e. The van der Waals surface area contributed by atoms with Gasteiger partial charge in [-0.1, -0.05) is 35.3 Å². The van der Waals surface area contributed by atoms with Crippen LogP contribution in [-0.4, -0.2) is 35.7 Å². The van der Waals surface area contributed by atoms with E-state index in [0.29, 0.717) is 23.5 Å². The molecular weight excluding hydrogens is 421 g/mol. The lowest BCUT2D eigenvalue weighted by Crippen LogP contribution is -2.50. The highest BCUT2D eigenvalue weighted by Crippen LogP contribution is 2.45. The first-order valence-electron chi connectivity index (χ1n) is 10.5. The van der Waals surface area contributed by atoms with Crippen LogP contribution in [0.5, 0.6) is 5.75 Å². The van der Waals surface area contributed by atoms with Crippen molar-refractivity contribution < 1.29 is 14.6 Å². The maximum atomic E-state index is 11.2. The Kier molecular flexibility index (Phi) is 6.57. The van der Waals surface area contributed by atoms with E-state index in [4.69, 9.17) is 27.9 Å². The van der Waals surface area contributed by atoms with Gasteiger partial charge in [0, 0.05) is 35.1 Å². The van der Waals surface area contributed by atoms with Crippen molar-refractivity contribution in [3.05, 3.63) is 63.6 Å². The van der Waals surface area contributed by atoms with Crippen molar-refractivity contribution in [2.75, 3.05) is 19.7 Å². The van der Waals surface area contributed by atoms with Crippen molar-refractivity contribution in [1.82, 2.24) is 4.90 Å². The van der Waals surface area contributed by atoms with Crippen molar-refractivity contribution in [3.8, 4) is 5.75 Å². The third-order valence-electron chi connectivity index (χ3n) is 6.30. The van der Waals surface area contributed by atoms with Crippen LogP contribution in [0.1, 0.15) is 49.3 Å².